The third-order valence-electron chi connectivity index (χ3n) is 4.06. The highest BCUT2D eigenvalue weighted by atomic mass is 15.3. The van der Waals surface area contributed by atoms with Crippen molar-refractivity contribution in [1.82, 2.24) is 9.80 Å². The van der Waals surface area contributed by atoms with E-state index in [0.717, 1.165) is 13.2 Å². The molecule has 0 unspecified atom stereocenters. The Kier molecular flexibility index (Phi) is 9.66. The Hall–Kier alpha value is -0.660. The molecule has 0 bridgehead atoms. The largest absolute Gasteiger partial charge is 0.359 e. The van der Waals surface area contributed by atoms with Gasteiger partial charge in [-0.25, -0.2) is 0 Å². The third-order valence-corrected chi connectivity index (χ3v) is 4.06. The van der Waals surface area contributed by atoms with Gasteiger partial charge in [-0.1, -0.05) is 64.7 Å². The van der Waals surface area contributed by atoms with Gasteiger partial charge in [0.1, 0.15) is 0 Å². The van der Waals surface area contributed by atoms with Crippen LogP contribution in [0.15, 0.2) is 12.4 Å². The molecular formula is C17H34N2. The zero-order valence-electron chi connectivity index (χ0n) is 13.2. The lowest BCUT2D eigenvalue weighted by Gasteiger charge is -2.19. The summed E-state index contributed by atoms with van der Waals surface area (Å²) < 4.78 is 0. The first-order valence-corrected chi connectivity index (χ1v) is 8.53. The number of unbranched alkanes of at least 4 members (excludes halogenated alkanes) is 9. The van der Waals surface area contributed by atoms with Gasteiger partial charge in [0.25, 0.3) is 0 Å². The molecule has 1 heterocycles. The van der Waals surface area contributed by atoms with Crippen LogP contribution in [-0.2, 0) is 0 Å². The van der Waals surface area contributed by atoms with Crippen molar-refractivity contribution in [2.45, 2.75) is 78.1 Å². The van der Waals surface area contributed by atoms with E-state index in [0.29, 0.717) is 0 Å². The fourth-order valence-electron chi connectivity index (χ4n) is 2.67. The van der Waals surface area contributed by atoms with E-state index in [1.54, 1.807) is 0 Å². The predicted molar refractivity (Wildman–Crippen MR) is 84.9 cm³/mol. The molecule has 0 aromatic rings. The van der Waals surface area contributed by atoms with E-state index in [-0.39, 0.29) is 0 Å². The van der Waals surface area contributed by atoms with E-state index in [1.807, 2.05) is 0 Å². The van der Waals surface area contributed by atoms with Gasteiger partial charge in [-0.15, -0.1) is 0 Å². The van der Waals surface area contributed by atoms with Crippen molar-refractivity contribution in [3.05, 3.63) is 12.4 Å². The summed E-state index contributed by atoms with van der Waals surface area (Å²) in [5.74, 6) is 0. The minimum absolute atomic E-state index is 1.11. The maximum atomic E-state index is 2.44. The second-order valence-corrected chi connectivity index (χ2v) is 5.84. The van der Waals surface area contributed by atoms with Gasteiger partial charge < -0.3 is 9.80 Å². The summed E-state index contributed by atoms with van der Waals surface area (Å²) in [7, 11) is 0. The second kappa shape index (κ2) is 11.2. The molecule has 0 saturated carbocycles. The van der Waals surface area contributed by atoms with Crippen molar-refractivity contribution in [2.24, 2.45) is 0 Å². The highest BCUT2D eigenvalue weighted by molar-refractivity contribution is 4.89. The van der Waals surface area contributed by atoms with Crippen LogP contribution in [0.5, 0.6) is 0 Å². The van der Waals surface area contributed by atoms with E-state index in [2.05, 4.69) is 36.0 Å². The lowest BCUT2D eigenvalue weighted by atomic mass is 10.1. The predicted octanol–water partition coefficient (Wildman–Crippen LogP) is 4.97. The number of nitrogens with zero attached hydrogens (tertiary/aromatic N) is 2. The van der Waals surface area contributed by atoms with Crippen LogP contribution in [0.1, 0.15) is 78.1 Å². The van der Waals surface area contributed by atoms with Crippen LogP contribution in [0.2, 0.25) is 0 Å². The molecule has 0 radical (unpaired) electrons. The smallest absolute Gasteiger partial charge is 0.0893 e. The second-order valence-electron chi connectivity index (χ2n) is 5.84. The summed E-state index contributed by atoms with van der Waals surface area (Å²) in [5.41, 5.74) is 0. The third kappa shape index (κ3) is 8.18. The maximum Gasteiger partial charge on any atom is 0.0893 e. The molecule has 2 nitrogen and oxygen atoms in total. The molecular weight excluding hydrogens is 232 g/mol. The van der Waals surface area contributed by atoms with Gasteiger partial charge in [0.15, 0.2) is 0 Å². The zero-order chi connectivity index (χ0) is 13.8. The first-order valence-electron chi connectivity index (χ1n) is 8.53. The summed E-state index contributed by atoms with van der Waals surface area (Å²) in [6.45, 7) is 7.98. The molecule has 0 saturated heterocycles. The quantitative estimate of drug-likeness (QED) is 0.460. The van der Waals surface area contributed by atoms with E-state index < -0.39 is 0 Å². The molecule has 1 aliphatic heterocycles. The summed E-state index contributed by atoms with van der Waals surface area (Å²) in [6.07, 6.45) is 18.7. The van der Waals surface area contributed by atoms with Crippen molar-refractivity contribution >= 4 is 0 Å². The molecule has 0 spiro atoms. The first-order chi connectivity index (χ1) is 9.36. The molecule has 19 heavy (non-hydrogen) atoms. The Bertz CT molecular complexity index is 225. The molecule has 2 heteroatoms. The van der Waals surface area contributed by atoms with E-state index in [4.69, 9.17) is 0 Å². The fourth-order valence-corrected chi connectivity index (χ4v) is 2.67. The molecule has 0 amide bonds. The molecule has 0 aliphatic carbocycles. The van der Waals surface area contributed by atoms with Crippen LogP contribution in [0.3, 0.4) is 0 Å². The van der Waals surface area contributed by atoms with Crippen LogP contribution in [0.4, 0.5) is 0 Å². The molecule has 0 fully saturated rings. The normalized spacial score (nSPS) is 14.6. The van der Waals surface area contributed by atoms with Crippen LogP contribution in [0, 0.1) is 0 Å². The van der Waals surface area contributed by atoms with Gasteiger partial charge in [-0.2, -0.15) is 0 Å². The highest BCUT2D eigenvalue weighted by Gasteiger charge is 2.08. The van der Waals surface area contributed by atoms with Crippen LogP contribution in [-0.4, -0.2) is 29.6 Å². The van der Waals surface area contributed by atoms with E-state index in [9.17, 15) is 0 Å². The Morgan fingerprint density at radius 1 is 0.684 bits per heavy atom. The zero-order valence-corrected chi connectivity index (χ0v) is 13.2. The van der Waals surface area contributed by atoms with Gasteiger partial charge in [-0.05, 0) is 13.3 Å². The summed E-state index contributed by atoms with van der Waals surface area (Å²) in [6, 6.07) is 0. The van der Waals surface area contributed by atoms with Crippen molar-refractivity contribution in [2.75, 3.05) is 19.8 Å². The van der Waals surface area contributed by atoms with Gasteiger partial charge in [0, 0.05) is 25.5 Å². The summed E-state index contributed by atoms with van der Waals surface area (Å²) >= 11 is 0. The fraction of sp³-hybridized carbons (Fsp3) is 0.882. The minimum Gasteiger partial charge on any atom is -0.359 e. The molecule has 0 atom stereocenters. The Labute approximate surface area is 120 Å². The molecule has 1 rings (SSSR count). The van der Waals surface area contributed by atoms with E-state index in [1.165, 1.54) is 70.8 Å². The average Bonchev–Trinajstić information content (AvgIpc) is 2.89. The van der Waals surface area contributed by atoms with Crippen LogP contribution in [0.25, 0.3) is 0 Å². The minimum atomic E-state index is 1.11. The SMILES string of the molecule is CCCCCCCCCCCCN1C=CN(CC)C1. The van der Waals surface area contributed by atoms with Crippen molar-refractivity contribution in [3.63, 3.8) is 0 Å². The van der Waals surface area contributed by atoms with Gasteiger partial charge in [-0.3, -0.25) is 0 Å². The average molecular weight is 266 g/mol. The van der Waals surface area contributed by atoms with Crippen molar-refractivity contribution < 1.29 is 0 Å². The Morgan fingerprint density at radius 3 is 1.74 bits per heavy atom. The summed E-state index contributed by atoms with van der Waals surface area (Å²) in [5, 5.41) is 0. The van der Waals surface area contributed by atoms with E-state index >= 15 is 0 Å². The molecule has 112 valence electrons. The molecule has 0 aromatic carbocycles. The standard InChI is InChI=1S/C17H34N2/c1-3-5-6-7-8-9-10-11-12-13-14-19-16-15-18(4-2)17-19/h15-16H,3-14,17H2,1-2H3. The maximum absolute atomic E-state index is 2.44. The summed E-state index contributed by atoms with van der Waals surface area (Å²) in [4.78, 5) is 4.80. The molecule has 0 N–H and O–H groups in total. The van der Waals surface area contributed by atoms with Crippen molar-refractivity contribution in [3.8, 4) is 0 Å². The van der Waals surface area contributed by atoms with Crippen LogP contribution < -0.4 is 0 Å². The van der Waals surface area contributed by atoms with Gasteiger partial charge in [0.2, 0.25) is 0 Å². The number of rotatable bonds is 12. The lowest BCUT2D eigenvalue weighted by molar-refractivity contribution is 0.268. The first kappa shape index (κ1) is 16.4. The van der Waals surface area contributed by atoms with Crippen LogP contribution >= 0.6 is 0 Å². The number of hydrogen-bond donors (Lipinski definition) is 0. The molecule has 0 aromatic heterocycles. The van der Waals surface area contributed by atoms with Gasteiger partial charge in [0.05, 0.1) is 6.67 Å². The number of hydrogen-bond acceptors (Lipinski definition) is 2. The Morgan fingerprint density at radius 2 is 1.21 bits per heavy atom. The topological polar surface area (TPSA) is 6.48 Å². The van der Waals surface area contributed by atoms with Crippen molar-refractivity contribution in [1.29, 1.82) is 0 Å². The lowest BCUT2D eigenvalue weighted by Crippen LogP contribution is -2.25. The van der Waals surface area contributed by atoms with Gasteiger partial charge >= 0.3 is 0 Å². The highest BCUT2D eigenvalue weighted by Crippen LogP contribution is 2.12. The Balaban J connectivity index is 1.78. The molecule has 1 aliphatic rings. The monoisotopic (exact) mass is 266 g/mol.